The molecule has 0 radical (unpaired) electrons. The number of carboxylic acids is 1. The zero-order valence-electron chi connectivity index (χ0n) is 9.64. The van der Waals surface area contributed by atoms with Crippen molar-refractivity contribution in [1.29, 1.82) is 0 Å². The van der Waals surface area contributed by atoms with Gasteiger partial charge in [-0.15, -0.1) is 11.8 Å². The summed E-state index contributed by atoms with van der Waals surface area (Å²) in [7, 11) is 0. The van der Waals surface area contributed by atoms with E-state index in [4.69, 9.17) is 16.7 Å². The summed E-state index contributed by atoms with van der Waals surface area (Å²) in [6.45, 7) is 0. The van der Waals surface area contributed by atoms with Crippen LogP contribution in [0.5, 0.6) is 0 Å². The van der Waals surface area contributed by atoms with Gasteiger partial charge in [0.2, 0.25) is 0 Å². The molecule has 0 aliphatic rings. The number of carbonyl (C=O) groups is 1. The van der Waals surface area contributed by atoms with Gasteiger partial charge in [0.05, 0.1) is 5.56 Å². The molecule has 0 unspecified atom stereocenters. The van der Waals surface area contributed by atoms with Crippen LogP contribution in [0.4, 0.5) is 4.39 Å². The number of nitrogens with zero attached hydrogens (tertiary/aromatic N) is 1. The zero-order chi connectivity index (χ0) is 13.8. The first-order valence-corrected chi connectivity index (χ1v) is 6.69. The average Bonchev–Trinajstić information content (AvgIpc) is 2.39. The van der Waals surface area contributed by atoms with E-state index in [1.54, 1.807) is 18.3 Å². The van der Waals surface area contributed by atoms with Gasteiger partial charge in [0.1, 0.15) is 11.0 Å². The molecule has 0 atom stereocenters. The number of hydrogen-bond donors (Lipinski definition) is 1. The molecule has 1 aromatic carbocycles. The fraction of sp³-hybridized carbons (Fsp3) is 0.0769. The highest BCUT2D eigenvalue weighted by Crippen LogP contribution is 2.28. The van der Waals surface area contributed by atoms with E-state index in [-0.39, 0.29) is 10.5 Å². The SMILES string of the molecule is O=C(O)c1ccc(F)c(SCc2cccnc2Cl)c1. The third kappa shape index (κ3) is 3.45. The van der Waals surface area contributed by atoms with Crippen LogP contribution in [-0.4, -0.2) is 16.1 Å². The average molecular weight is 298 g/mol. The van der Waals surface area contributed by atoms with Crippen LogP contribution in [0.15, 0.2) is 41.4 Å². The Bertz CT molecular complexity index is 621. The number of aromatic carboxylic acids is 1. The fourth-order valence-electron chi connectivity index (χ4n) is 1.43. The van der Waals surface area contributed by atoms with E-state index in [0.29, 0.717) is 10.9 Å². The smallest absolute Gasteiger partial charge is 0.335 e. The summed E-state index contributed by atoms with van der Waals surface area (Å²) in [5.41, 5.74) is 0.829. The number of rotatable bonds is 4. The van der Waals surface area contributed by atoms with E-state index in [1.807, 2.05) is 0 Å². The Labute approximate surface area is 118 Å². The molecule has 1 N–H and O–H groups in total. The van der Waals surface area contributed by atoms with Crippen LogP contribution in [0, 0.1) is 5.82 Å². The third-order valence-electron chi connectivity index (χ3n) is 2.40. The predicted molar refractivity (Wildman–Crippen MR) is 72.2 cm³/mol. The van der Waals surface area contributed by atoms with E-state index in [0.717, 1.165) is 11.6 Å². The van der Waals surface area contributed by atoms with Crippen LogP contribution >= 0.6 is 23.4 Å². The fourth-order valence-corrected chi connectivity index (χ4v) is 2.66. The minimum absolute atomic E-state index is 0.0567. The quantitative estimate of drug-likeness (QED) is 0.687. The van der Waals surface area contributed by atoms with Crippen molar-refractivity contribution in [2.24, 2.45) is 0 Å². The van der Waals surface area contributed by atoms with Crippen molar-refractivity contribution in [2.45, 2.75) is 10.6 Å². The van der Waals surface area contributed by atoms with Gasteiger partial charge in [0, 0.05) is 16.8 Å². The largest absolute Gasteiger partial charge is 0.478 e. The second kappa shape index (κ2) is 6.04. The van der Waals surface area contributed by atoms with E-state index < -0.39 is 11.8 Å². The highest BCUT2D eigenvalue weighted by molar-refractivity contribution is 7.98. The van der Waals surface area contributed by atoms with Crippen molar-refractivity contribution in [1.82, 2.24) is 4.98 Å². The van der Waals surface area contributed by atoms with Gasteiger partial charge in [-0.1, -0.05) is 17.7 Å². The number of halogens is 2. The molecule has 0 spiro atoms. The maximum absolute atomic E-state index is 13.6. The Morgan fingerprint density at radius 1 is 1.42 bits per heavy atom. The van der Waals surface area contributed by atoms with Gasteiger partial charge in [-0.05, 0) is 29.8 Å². The maximum atomic E-state index is 13.6. The highest BCUT2D eigenvalue weighted by Gasteiger charge is 2.10. The van der Waals surface area contributed by atoms with Crippen molar-refractivity contribution in [2.75, 3.05) is 0 Å². The summed E-state index contributed by atoms with van der Waals surface area (Å²) in [4.78, 5) is 15.0. The van der Waals surface area contributed by atoms with Crippen molar-refractivity contribution >= 4 is 29.3 Å². The summed E-state index contributed by atoms with van der Waals surface area (Å²) in [6, 6.07) is 7.23. The molecular weight excluding hydrogens is 289 g/mol. The molecule has 19 heavy (non-hydrogen) atoms. The Morgan fingerprint density at radius 3 is 2.89 bits per heavy atom. The van der Waals surface area contributed by atoms with Crippen LogP contribution in [0.3, 0.4) is 0 Å². The zero-order valence-corrected chi connectivity index (χ0v) is 11.2. The number of hydrogen-bond acceptors (Lipinski definition) is 3. The van der Waals surface area contributed by atoms with Crippen molar-refractivity contribution in [3.8, 4) is 0 Å². The first-order chi connectivity index (χ1) is 9.08. The maximum Gasteiger partial charge on any atom is 0.335 e. The van der Waals surface area contributed by atoms with Gasteiger partial charge >= 0.3 is 5.97 Å². The molecule has 0 aliphatic heterocycles. The monoisotopic (exact) mass is 297 g/mol. The van der Waals surface area contributed by atoms with Crippen molar-refractivity contribution < 1.29 is 14.3 Å². The topological polar surface area (TPSA) is 50.2 Å². The third-order valence-corrected chi connectivity index (χ3v) is 3.82. The summed E-state index contributed by atoms with van der Waals surface area (Å²) in [6.07, 6.45) is 1.57. The van der Waals surface area contributed by atoms with E-state index in [1.165, 1.54) is 23.9 Å². The lowest BCUT2D eigenvalue weighted by Gasteiger charge is -2.05. The number of benzene rings is 1. The van der Waals surface area contributed by atoms with E-state index in [9.17, 15) is 9.18 Å². The normalized spacial score (nSPS) is 10.4. The second-order valence-corrected chi connectivity index (χ2v) is 5.07. The molecule has 0 fully saturated rings. The summed E-state index contributed by atoms with van der Waals surface area (Å²) < 4.78 is 13.6. The minimum Gasteiger partial charge on any atom is -0.478 e. The number of pyridine rings is 1. The molecule has 0 bridgehead atoms. The minimum atomic E-state index is -1.08. The summed E-state index contributed by atoms with van der Waals surface area (Å²) in [5, 5.41) is 9.23. The molecule has 3 nitrogen and oxygen atoms in total. The standard InChI is InChI=1S/C13H9ClFNO2S/c14-12-9(2-1-5-16-12)7-19-11-6-8(13(17)18)3-4-10(11)15/h1-6H,7H2,(H,17,18). The predicted octanol–water partition coefficient (Wildman–Crippen LogP) is 3.86. The Hall–Kier alpha value is -1.59. The molecule has 0 amide bonds. The summed E-state index contributed by atoms with van der Waals surface area (Å²) >= 11 is 7.08. The number of aromatic nitrogens is 1. The van der Waals surface area contributed by atoms with Gasteiger partial charge in [-0.25, -0.2) is 14.2 Å². The molecule has 0 saturated heterocycles. The highest BCUT2D eigenvalue weighted by atomic mass is 35.5. The molecule has 1 heterocycles. The van der Waals surface area contributed by atoms with Crippen LogP contribution in [0.2, 0.25) is 5.15 Å². The first kappa shape index (κ1) is 13.8. The van der Waals surface area contributed by atoms with Crippen molar-refractivity contribution in [3.63, 3.8) is 0 Å². The second-order valence-electron chi connectivity index (χ2n) is 3.69. The molecule has 1 aromatic heterocycles. The van der Waals surface area contributed by atoms with Crippen molar-refractivity contribution in [3.05, 3.63) is 58.6 Å². The molecule has 2 aromatic rings. The number of carboxylic acid groups (broad SMARTS) is 1. The van der Waals surface area contributed by atoms with E-state index in [2.05, 4.69) is 4.98 Å². The lowest BCUT2D eigenvalue weighted by molar-refractivity contribution is 0.0696. The van der Waals surface area contributed by atoms with Crippen LogP contribution in [-0.2, 0) is 5.75 Å². The molecule has 2 rings (SSSR count). The molecule has 0 aliphatic carbocycles. The van der Waals surface area contributed by atoms with Crippen LogP contribution in [0.25, 0.3) is 0 Å². The van der Waals surface area contributed by atoms with Gasteiger partial charge in [-0.2, -0.15) is 0 Å². The lowest BCUT2D eigenvalue weighted by Crippen LogP contribution is -1.97. The number of thioether (sulfide) groups is 1. The lowest BCUT2D eigenvalue weighted by atomic mass is 10.2. The Balaban J connectivity index is 2.17. The van der Waals surface area contributed by atoms with Gasteiger partial charge in [0.15, 0.2) is 0 Å². The Morgan fingerprint density at radius 2 is 2.21 bits per heavy atom. The molecule has 98 valence electrons. The van der Waals surface area contributed by atoms with E-state index >= 15 is 0 Å². The summed E-state index contributed by atoms with van der Waals surface area (Å²) in [5.74, 6) is -1.11. The first-order valence-electron chi connectivity index (χ1n) is 5.33. The Kier molecular flexibility index (Phi) is 4.39. The van der Waals surface area contributed by atoms with Gasteiger partial charge in [-0.3, -0.25) is 0 Å². The van der Waals surface area contributed by atoms with Gasteiger partial charge in [0.25, 0.3) is 0 Å². The van der Waals surface area contributed by atoms with Crippen LogP contribution < -0.4 is 0 Å². The molecule has 0 saturated carbocycles. The van der Waals surface area contributed by atoms with Crippen LogP contribution in [0.1, 0.15) is 15.9 Å². The van der Waals surface area contributed by atoms with Gasteiger partial charge < -0.3 is 5.11 Å². The molecular formula is C13H9ClFNO2S. The molecule has 6 heteroatoms.